The third-order valence-electron chi connectivity index (χ3n) is 4.67. The van der Waals surface area contributed by atoms with Gasteiger partial charge < -0.3 is 16.0 Å². The number of fused-ring (bicyclic) bond motifs is 1. The molecule has 2 aromatic heterocycles. The molecule has 0 saturated heterocycles. The zero-order chi connectivity index (χ0) is 21.6. The number of nitrogens with two attached hydrogens (primary N) is 1. The first-order valence-corrected chi connectivity index (χ1v) is 9.68. The van der Waals surface area contributed by atoms with E-state index in [0.717, 1.165) is 16.8 Å². The minimum Gasteiger partial charge on any atom is -0.398 e. The van der Waals surface area contributed by atoms with Crippen molar-refractivity contribution in [2.45, 2.75) is 52.5 Å². The highest BCUT2D eigenvalue weighted by Crippen LogP contribution is 2.31. The maximum Gasteiger partial charge on any atom is 0.156 e. The molecule has 2 heterocycles. The summed E-state index contributed by atoms with van der Waals surface area (Å²) in [5.41, 5.74) is 12.1. The number of aromatic nitrogens is 3. The van der Waals surface area contributed by atoms with Crippen molar-refractivity contribution in [1.29, 1.82) is 5.41 Å². The number of nitrogens with one attached hydrogen (secondary N) is 3. The Hall–Kier alpha value is -3.15. The summed E-state index contributed by atoms with van der Waals surface area (Å²) in [6, 6.07) is 5.80. The van der Waals surface area contributed by atoms with Gasteiger partial charge in [0.25, 0.3) is 0 Å². The lowest BCUT2D eigenvalue weighted by molar-refractivity contribution is 0.502. The molecule has 0 spiro atoms. The molecule has 0 amide bonds. The van der Waals surface area contributed by atoms with Crippen molar-refractivity contribution in [3.8, 4) is 0 Å². The molecule has 6 heteroatoms. The lowest BCUT2D eigenvalue weighted by atomic mass is 9.84. The van der Waals surface area contributed by atoms with Crippen molar-refractivity contribution in [3.63, 3.8) is 0 Å². The van der Waals surface area contributed by atoms with Crippen molar-refractivity contribution in [2.75, 3.05) is 5.73 Å². The van der Waals surface area contributed by atoms with Crippen LogP contribution in [0.5, 0.6) is 0 Å². The average molecular weight is 391 g/mol. The van der Waals surface area contributed by atoms with Crippen LogP contribution < -0.4 is 11.1 Å². The van der Waals surface area contributed by atoms with E-state index in [0.29, 0.717) is 28.1 Å². The average Bonchev–Trinajstić information content (AvgIpc) is 3.02. The van der Waals surface area contributed by atoms with Crippen LogP contribution in [-0.4, -0.2) is 26.2 Å². The summed E-state index contributed by atoms with van der Waals surface area (Å²) in [7, 11) is 0. The van der Waals surface area contributed by atoms with E-state index in [9.17, 15) is 0 Å². The van der Waals surface area contributed by atoms with E-state index >= 15 is 0 Å². The largest absolute Gasteiger partial charge is 0.398 e. The predicted molar refractivity (Wildman–Crippen MR) is 121 cm³/mol. The Morgan fingerprint density at radius 3 is 2.45 bits per heavy atom. The number of rotatable bonds is 4. The molecule has 0 bridgehead atoms. The molecule has 0 saturated carbocycles. The molecule has 29 heavy (non-hydrogen) atoms. The normalized spacial score (nSPS) is 12.2. The molecule has 0 unspecified atom stereocenters. The summed E-state index contributed by atoms with van der Waals surface area (Å²) >= 11 is 0. The maximum absolute atomic E-state index is 8.73. The topological polar surface area (TPSA) is 103 Å². The quantitative estimate of drug-likeness (QED) is 0.386. The van der Waals surface area contributed by atoms with Crippen LogP contribution in [0.25, 0.3) is 16.9 Å². The predicted octanol–water partition coefficient (Wildman–Crippen LogP) is 4.61. The Labute approximate surface area is 172 Å². The number of aromatic amines is 1. The van der Waals surface area contributed by atoms with E-state index in [1.807, 2.05) is 24.4 Å². The van der Waals surface area contributed by atoms with Crippen LogP contribution >= 0.6 is 0 Å². The van der Waals surface area contributed by atoms with Gasteiger partial charge in [0.2, 0.25) is 0 Å². The monoisotopic (exact) mass is 390 g/mol. The molecule has 152 valence electrons. The summed E-state index contributed by atoms with van der Waals surface area (Å²) in [6.45, 7) is 16.7. The molecule has 0 atom stereocenters. The zero-order valence-corrected chi connectivity index (χ0v) is 18.1. The second-order valence-corrected chi connectivity index (χ2v) is 9.40. The van der Waals surface area contributed by atoms with Crippen LogP contribution in [-0.2, 0) is 5.41 Å². The summed E-state index contributed by atoms with van der Waals surface area (Å²) in [5, 5.41) is 12.1. The number of benzene rings is 1. The molecule has 0 radical (unpaired) electrons. The third-order valence-corrected chi connectivity index (χ3v) is 4.67. The highest BCUT2D eigenvalue weighted by molar-refractivity contribution is 6.13. The van der Waals surface area contributed by atoms with Crippen LogP contribution in [0.2, 0.25) is 0 Å². The number of nitrogen functional groups attached to an aromatic ring is 1. The molecule has 0 aliphatic carbocycles. The van der Waals surface area contributed by atoms with Gasteiger partial charge in [0.15, 0.2) is 5.65 Å². The first-order chi connectivity index (χ1) is 13.4. The summed E-state index contributed by atoms with van der Waals surface area (Å²) in [5.74, 6) is 0. The minimum absolute atomic E-state index is 0.111. The molecule has 0 aliphatic rings. The van der Waals surface area contributed by atoms with E-state index in [4.69, 9.17) is 16.1 Å². The van der Waals surface area contributed by atoms with E-state index in [1.54, 1.807) is 6.20 Å². The third kappa shape index (κ3) is 4.16. The lowest BCUT2D eigenvalue weighted by Gasteiger charge is -2.23. The molecule has 1 aromatic carbocycles. The van der Waals surface area contributed by atoms with Crippen molar-refractivity contribution >= 4 is 28.3 Å². The molecular formula is C23H30N6. The number of hydrogen-bond donors (Lipinski definition) is 4. The van der Waals surface area contributed by atoms with E-state index < -0.39 is 0 Å². The highest BCUT2D eigenvalue weighted by atomic mass is 15.0. The Morgan fingerprint density at radius 2 is 1.83 bits per heavy atom. The second kappa shape index (κ2) is 7.03. The molecule has 3 rings (SSSR count). The Kier molecular flexibility index (Phi) is 4.99. The van der Waals surface area contributed by atoms with Crippen LogP contribution in [0.15, 0.2) is 37.2 Å². The van der Waals surface area contributed by atoms with E-state index in [-0.39, 0.29) is 16.7 Å². The zero-order valence-electron chi connectivity index (χ0n) is 18.1. The number of anilines is 1. The van der Waals surface area contributed by atoms with Crippen LogP contribution in [0.4, 0.5) is 5.69 Å². The van der Waals surface area contributed by atoms with Gasteiger partial charge in [-0.05, 0) is 31.7 Å². The number of H-pyrrole nitrogens is 1. The lowest BCUT2D eigenvalue weighted by Crippen LogP contribution is -2.33. The fourth-order valence-corrected chi connectivity index (χ4v) is 3.34. The minimum atomic E-state index is -0.125. The van der Waals surface area contributed by atoms with Crippen molar-refractivity contribution in [2.24, 2.45) is 0 Å². The molecule has 6 nitrogen and oxygen atoms in total. The number of nitrogens with zero attached hydrogens (tertiary/aromatic N) is 2. The first-order valence-electron chi connectivity index (χ1n) is 9.68. The SMILES string of the molecule is C=C(NC(C)(C)C)c1c[nH]c2ncc(C(=N)c3cccc(C(C)(C)C)c3N)nc12. The first kappa shape index (κ1) is 20.6. The van der Waals surface area contributed by atoms with Gasteiger partial charge in [-0.15, -0.1) is 0 Å². The fourth-order valence-electron chi connectivity index (χ4n) is 3.34. The van der Waals surface area contributed by atoms with Gasteiger partial charge in [0.05, 0.1) is 11.9 Å². The summed E-state index contributed by atoms with van der Waals surface area (Å²) in [4.78, 5) is 12.3. The molecule has 0 aliphatic heterocycles. The summed E-state index contributed by atoms with van der Waals surface area (Å²) in [6.07, 6.45) is 3.45. The van der Waals surface area contributed by atoms with Crippen LogP contribution in [0, 0.1) is 5.41 Å². The standard InChI is InChI=1S/C23H30N6/c1-13(29-23(5,6)7)15-11-26-21-20(15)28-17(12-27-21)19(25)14-9-8-10-16(18(14)24)22(2,3)4/h8-12,25,29H,1,24H2,2-7H3,(H,26,27). The van der Waals surface area contributed by atoms with Gasteiger partial charge in [-0.1, -0.05) is 45.5 Å². The Morgan fingerprint density at radius 1 is 1.14 bits per heavy atom. The fraction of sp³-hybridized carbons (Fsp3) is 0.348. The van der Waals surface area contributed by atoms with E-state index in [1.165, 1.54) is 0 Å². The van der Waals surface area contributed by atoms with Gasteiger partial charge in [0, 0.05) is 34.2 Å². The van der Waals surface area contributed by atoms with Crippen molar-refractivity contribution in [3.05, 3.63) is 59.6 Å². The van der Waals surface area contributed by atoms with Crippen LogP contribution in [0.3, 0.4) is 0 Å². The molecular weight excluding hydrogens is 360 g/mol. The van der Waals surface area contributed by atoms with E-state index in [2.05, 4.69) is 63.4 Å². The van der Waals surface area contributed by atoms with Crippen molar-refractivity contribution in [1.82, 2.24) is 20.3 Å². The van der Waals surface area contributed by atoms with Gasteiger partial charge in [-0.25, -0.2) is 9.97 Å². The van der Waals surface area contributed by atoms with Gasteiger partial charge in [-0.2, -0.15) is 0 Å². The number of para-hydroxylation sites is 1. The molecule has 0 fully saturated rings. The Bertz CT molecular complexity index is 1090. The second-order valence-electron chi connectivity index (χ2n) is 9.40. The molecule has 3 aromatic rings. The van der Waals surface area contributed by atoms with Gasteiger partial charge in [0.1, 0.15) is 11.2 Å². The Balaban J connectivity index is 2.04. The van der Waals surface area contributed by atoms with Crippen LogP contribution in [0.1, 0.15) is 63.9 Å². The smallest absolute Gasteiger partial charge is 0.156 e. The maximum atomic E-state index is 8.73. The van der Waals surface area contributed by atoms with Crippen molar-refractivity contribution < 1.29 is 0 Å². The molecule has 5 N–H and O–H groups in total. The number of hydrogen-bond acceptors (Lipinski definition) is 5. The van der Waals surface area contributed by atoms with Gasteiger partial charge >= 0.3 is 0 Å². The highest BCUT2D eigenvalue weighted by Gasteiger charge is 2.22. The van der Waals surface area contributed by atoms with Gasteiger partial charge in [-0.3, -0.25) is 5.41 Å². The summed E-state index contributed by atoms with van der Waals surface area (Å²) < 4.78 is 0.